The van der Waals surface area contributed by atoms with E-state index in [1.165, 1.54) is 18.9 Å². The van der Waals surface area contributed by atoms with E-state index in [9.17, 15) is 9.59 Å². The van der Waals surface area contributed by atoms with Crippen molar-refractivity contribution in [3.63, 3.8) is 0 Å². The number of nitrogens with one attached hydrogen (secondary N) is 1. The van der Waals surface area contributed by atoms with Gasteiger partial charge >= 0.3 is 5.97 Å². The molecule has 2 heterocycles. The lowest BCUT2D eigenvalue weighted by Gasteiger charge is -2.21. The van der Waals surface area contributed by atoms with Gasteiger partial charge in [-0.05, 0) is 18.9 Å². The van der Waals surface area contributed by atoms with Crippen LogP contribution in [0.3, 0.4) is 0 Å². The third kappa shape index (κ3) is 4.34. The molecule has 1 N–H and O–H groups in total. The first-order valence-electron chi connectivity index (χ1n) is 9.61. The zero-order valence-corrected chi connectivity index (χ0v) is 17.8. The van der Waals surface area contributed by atoms with Crippen LogP contribution in [0.15, 0.2) is 29.4 Å². The number of methoxy groups -OCH3 is 1. The number of esters is 1. The lowest BCUT2D eigenvalue weighted by molar-refractivity contribution is -0.146. The number of nitrogens with zero attached hydrogens (tertiary/aromatic N) is 4. The molecule has 0 saturated heterocycles. The molecule has 3 rings (SSSR count). The average Bonchev–Trinajstić information content (AvgIpc) is 3.07. The second-order valence-corrected chi connectivity index (χ2v) is 7.71. The molecule has 0 bridgehead atoms. The van der Waals surface area contributed by atoms with E-state index in [-0.39, 0.29) is 17.6 Å². The first-order chi connectivity index (χ1) is 14.0. The van der Waals surface area contributed by atoms with Crippen LogP contribution in [0.5, 0.6) is 0 Å². The van der Waals surface area contributed by atoms with Gasteiger partial charge in [-0.15, -0.1) is 10.2 Å². The van der Waals surface area contributed by atoms with E-state index < -0.39 is 12.0 Å². The third-order valence-corrected chi connectivity index (χ3v) is 5.83. The smallest absolute Gasteiger partial charge is 0.328 e. The number of para-hydroxylation sites is 1. The molecule has 0 aliphatic carbocycles. The number of amides is 1. The van der Waals surface area contributed by atoms with Crippen molar-refractivity contribution in [2.75, 3.05) is 12.9 Å². The maximum atomic E-state index is 12.4. The lowest BCUT2D eigenvalue weighted by Crippen LogP contribution is -2.46. The van der Waals surface area contributed by atoms with Crippen LogP contribution >= 0.6 is 11.8 Å². The summed E-state index contributed by atoms with van der Waals surface area (Å²) in [7, 11) is 1.32. The molecule has 9 heteroatoms. The molecule has 154 valence electrons. The third-order valence-electron chi connectivity index (χ3n) is 4.99. The molecule has 2 aromatic heterocycles. The molecular weight excluding hydrogens is 390 g/mol. The number of fused-ring (bicyclic) bond motifs is 3. The quantitative estimate of drug-likeness (QED) is 0.446. The van der Waals surface area contributed by atoms with Crippen molar-refractivity contribution in [2.24, 2.45) is 5.92 Å². The number of carbonyl (C=O) groups is 2. The molecule has 8 nitrogen and oxygen atoms in total. The van der Waals surface area contributed by atoms with Gasteiger partial charge in [-0.1, -0.05) is 50.2 Å². The Labute approximate surface area is 173 Å². The summed E-state index contributed by atoms with van der Waals surface area (Å²) in [6.45, 7) is 6.67. The second kappa shape index (κ2) is 9.21. The second-order valence-electron chi connectivity index (χ2n) is 6.77. The Morgan fingerprint density at radius 3 is 2.69 bits per heavy atom. The molecule has 0 saturated carbocycles. The largest absolute Gasteiger partial charge is 0.467 e. The van der Waals surface area contributed by atoms with Gasteiger partial charge in [-0.2, -0.15) is 0 Å². The highest BCUT2D eigenvalue weighted by atomic mass is 32.2. The van der Waals surface area contributed by atoms with Gasteiger partial charge in [0.25, 0.3) is 0 Å². The average molecular weight is 416 g/mol. The van der Waals surface area contributed by atoms with Crippen LogP contribution in [-0.2, 0) is 20.9 Å². The molecule has 2 atom stereocenters. The van der Waals surface area contributed by atoms with E-state index in [0.29, 0.717) is 5.16 Å². The van der Waals surface area contributed by atoms with Crippen molar-refractivity contribution in [1.29, 1.82) is 0 Å². The van der Waals surface area contributed by atoms with Crippen molar-refractivity contribution in [3.8, 4) is 0 Å². The number of aromatic nitrogens is 4. The Morgan fingerprint density at radius 1 is 1.24 bits per heavy atom. The number of benzene rings is 1. The van der Waals surface area contributed by atoms with Crippen LogP contribution in [-0.4, -0.2) is 50.5 Å². The minimum Gasteiger partial charge on any atom is -0.467 e. The molecule has 3 aromatic rings. The fourth-order valence-corrected chi connectivity index (χ4v) is 3.80. The minimum absolute atomic E-state index is 0.0223. The predicted molar refractivity (Wildman–Crippen MR) is 113 cm³/mol. The molecule has 0 unspecified atom stereocenters. The standard InChI is InChI=1S/C20H25N5O3S/c1-5-12(3)16(19(27)28-4)21-15(26)11-29-20-22-18-17(23-24-20)13-9-7-8-10-14(13)25(18)6-2/h7-10,12,16H,5-6,11H2,1-4H3,(H,21,26)/t12-,16+/m1/s1. The first kappa shape index (κ1) is 21.0. The molecule has 1 amide bonds. The summed E-state index contributed by atoms with van der Waals surface area (Å²) in [5.74, 6) is -0.649. The summed E-state index contributed by atoms with van der Waals surface area (Å²) in [5.41, 5.74) is 2.55. The van der Waals surface area contributed by atoms with Gasteiger partial charge in [0.2, 0.25) is 11.1 Å². The molecule has 0 radical (unpaired) electrons. The van der Waals surface area contributed by atoms with E-state index in [4.69, 9.17) is 4.74 Å². The van der Waals surface area contributed by atoms with Crippen molar-refractivity contribution < 1.29 is 14.3 Å². The number of rotatable bonds is 8. The van der Waals surface area contributed by atoms with E-state index >= 15 is 0 Å². The SMILES string of the molecule is CC[C@@H](C)[C@H](NC(=O)CSc1nnc2c3ccccc3n(CC)c2n1)C(=O)OC. The van der Waals surface area contributed by atoms with Gasteiger partial charge in [0.1, 0.15) is 11.6 Å². The molecule has 0 aliphatic rings. The minimum atomic E-state index is -0.665. The van der Waals surface area contributed by atoms with Crippen LogP contribution in [0.25, 0.3) is 22.1 Å². The molecule has 29 heavy (non-hydrogen) atoms. The molecule has 1 aromatic carbocycles. The zero-order valence-electron chi connectivity index (χ0n) is 17.0. The number of hydrogen-bond acceptors (Lipinski definition) is 7. The number of aryl methyl sites for hydroxylation is 1. The highest BCUT2D eigenvalue weighted by Gasteiger charge is 2.26. The van der Waals surface area contributed by atoms with Crippen molar-refractivity contribution in [3.05, 3.63) is 24.3 Å². The molecule has 0 fully saturated rings. The van der Waals surface area contributed by atoms with E-state index in [1.54, 1.807) is 0 Å². The van der Waals surface area contributed by atoms with Gasteiger partial charge in [-0.3, -0.25) is 4.79 Å². The Hall–Kier alpha value is -2.68. The van der Waals surface area contributed by atoms with E-state index in [2.05, 4.69) is 32.0 Å². The van der Waals surface area contributed by atoms with Crippen LogP contribution in [0.2, 0.25) is 0 Å². The number of thioether (sulfide) groups is 1. The highest BCUT2D eigenvalue weighted by Crippen LogP contribution is 2.26. The van der Waals surface area contributed by atoms with E-state index in [0.717, 1.165) is 35.0 Å². The maximum Gasteiger partial charge on any atom is 0.328 e. The van der Waals surface area contributed by atoms with Gasteiger partial charge in [0, 0.05) is 11.9 Å². The van der Waals surface area contributed by atoms with Crippen molar-refractivity contribution >= 4 is 45.7 Å². The van der Waals surface area contributed by atoms with Crippen LogP contribution in [0.4, 0.5) is 0 Å². The summed E-state index contributed by atoms with van der Waals surface area (Å²) in [6, 6.07) is 7.32. The van der Waals surface area contributed by atoms with Crippen molar-refractivity contribution in [2.45, 2.75) is 44.9 Å². The van der Waals surface area contributed by atoms with Crippen LogP contribution in [0.1, 0.15) is 27.2 Å². The fraction of sp³-hybridized carbons (Fsp3) is 0.450. The zero-order chi connectivity index (χ0) is 21.0. The molecule has 0 spiro atoms. The van der Waals surface area contributed by atoms with Crippen LogP contribution in [0, 0.1) is 5.92 Å². The summed E-state index contributed by atoms with van der Waals surface area (Å²) in [4.78, 5) is 28.9. The monoisotopic (exact) mass is 415 g/mol. The predicted octanol–water partition coefficient (Wildman–Crippen LogP) is 2.80. The Bertz CT molecular complexity index is 1040. The maximum absolute atomic E-state index is 12.4. The van der Waals surface area contributed by atoms with Gasteiger partial charge in [-0.25, -0.2) is 9.78 Å². The number of hydrogen-bond donors (Lipinski definition) is 1. The van der Waals surface area contributed by atoms with Crippen molar-refractivity contribution in [1.82, 2.24) is 25.1 Å². The fourth-order valence-electron chi connectivity index (χ4n) is 3.21. The summed E-state index contributed by atoms with van der Waals surface area (Å²) < 4.78 is 6.89. The number of ether oxygens (including phenoxy) is 1. The lowest BCUT2D eigenvalue weighted by atomic mass is 9.99. The summed E-state index contributed by atoms with van der Waals surface area (Å²) >= 11 is 1.19. The highest BCUT2D eigenvalue weighted by molar-refractivity contribution is 7.99. The molecule has 0 aliphatic heterocycles. The van der Waals surface area contributed by atoms with E-state index in [1.807, 2.05) is 38.1 Å². The van der Waals surface area contributed by atoms with Gasteiger partial charge in [0.15, 0.2) is 5.65 Å². The topological polar surface area (TPSA) is 99.0 Å². The van der Waals surface area contributed by atoms with Gasteiger partial charge < -0.3 is 14.6 Å². The number of carbonyl (C=O) groups excluding carboxylic acids is 2. The van der Waals surface area contributed by atoms with Crippen LogP contribution < -0.4 is 5.32 Å². The Kier molecular flexibility index (Phi) is 6.68. The first-order valence-corrected chi connectivity index (χ1v) is 10.6. The van der Waals surface area contributed by atoms with Gasteiger partial charge in [0.05, 0.1) is 18.4 Å². The summed E-state index contributed by atoms with van der Waals surface area (Å²) in [5, 5.41) is 12.7. The molecular formula is C20H25N5O3S. The normalized spacial score (nSPS) is 13.4. The Balaban J connectivity index is 1.76. The summed E-state index contributed by atoms with van der Waals surface area (Å²) in [6.07, 6.45) is 0.748. The Morgan fingerprint density at radius 2 is 2.00 bits per heavy atom.